The number of esters is 1. The zero-order chi connectivity index (χ0) is 12.3. The first-order valence-electron chi connectivity index (χ1n) is 6.32. The van der Waals surface area contributed by atoms with Crippen molar-refractivity contribution in [3.63, 3.8) is 0 Å². The maximum absolute atomic E-state index is 12.0. The normalized spacial score (nSPS) is 17.5. The number of nitrogens with zero attached hydrogens (tertiary/aromatic N) is 2. The fourth-order valence-electron chi connectivity index (χ4n) is 2.18. The predicted molar refractivity (Wildman–Crippen MR) is 62.5 cm³/mol. The van der Waals surface area contributed by atoms with Gasteiger partial charge in [-0.2, -0.15) is 5.10 Å². The molecule has 1 saturated carbocycles. The van der Waals surface area contributed by atoms with E-state index in [0.29, 0.717) is 12.4 Å². The first-order chi connectivity index (χ1) is 8.23. The summed E-state index contributed by atoms with van der Waals surface area (Å²) in [4.78, 5) is 16.4. The van der Waals surface area contributed by atoms with Crippen LogP contribution in [0.1, 0.15) is 51.2 Å². The van der Waals surface area contributed by atoms with Crippen LogP contribution in [-0.2, 0) is 21.4 Å². The first kappa shape index (κ1) is 12.1. The molecule has 0 radical (unpaired) electrons. The average Bonchev–Trinajstić information content (AvgIpc) is 2.66. The molecule has 94 valence electrons. The molecule has 2 rings (SSSR count). The number of aromatic nitrogens is 3. The minimum atomic E-state index is -0.571. The molecule has 1 aromatic rings. The van der Waals surface area contributed by atoms with Crippen molar-refractivity contribution in [3.05, 3.63) is 11.6 Å². The van der Waals surface area contributed by atoms with E-state index in [2.05, 4.69) is 22.1 Å². The summed E-state index contributed by atoms with van der Waals surface area (Å²) in [5.41, 5.74) is -0.571. The van der Waals surface area contributed by atoms with Gasteiger partial charge in [-0.05, 0) is 26.2 Å². The van der Waals surface area contributed by atoms with Crippen LogP contribution in [0.4, 0.5) is 0 Å². The van der Waals surface area contributed by atoms with Crippen LogP contribution < -0.4 is 0 Å². The fourth-order valence-corrected chi connectivity index (χ4v) is 2.18. The Labute approximate surface area is 101 Å². The number of hydrogen-bond donors (Lipinski definition) is 1. The summed E-state index contributed by atoms with van der Waals surface area (Å²) in [5, 5.41) is 7.10. The minimum Gasteiger partial charge on any atom is -0.465 e. The molecule has 0 aliphatic heterocycles. The van der Waals surface area contributed by atoms with Crippen LogP contribution in [0.5, 0.6) is 0 Å². The maximum atomic E-state index is 12.0. The number of nitrogens with one attached hydrogen (secondary N) is 1. The van der Waals surface area contributed by atoms with E-state index >= 15 is 0 Å². The molecule has 5 heteroatoms. The van der Waals surface area contributed by atoms with Crippen molar-refractivity contribution >= 4 is 5.97 Å². The van der Waals surface area contributed by atoms with E-state index in [0.717, 1.165) is 37.9 Å². The lowest BCUT2D eigenvalue weighted by Gasteiger charge is -2.36. The Morgan fingerprint density at radius 3 is 2.76 bits per heavy atom. The third-order valence-corrected chi connectivity index (χ3v) is 3.32. The monoisotopic (exact) mass is 237 g/mol. The highest BCUT2D eigenvalue weighted by Gasteiger charge is 2.50. The summed E-state index contributed by atoms with van der Waals surface area (Å²) in [6.07, 6.45) is 4.52. The topological polar surface area (TPSA) is 67.9 Å². The lowest BCUT2D eigenvalue weighted by atomic mass is 9.68. The number of aryl methyl sites for hydroxylation is 1. The SMILES string of the molecule is CCCc1nc(C2(C(=O)OCC)CCC2)n[nH]1. The van der Waals surface area contributed by atoms with Gasteiger partial charge in [0.25, 0.3) is 0 Å². The van der Waals surface area contributed by atoms with Gasteiger partial charge >= 0.3 is 5.97 Å². The van der Waals surface area contributed by atoms with Crippen molar-refractivity contribution < 1.29 is 9.53 Å². The number of hydrogen-bond acceptors (Lipinski definition) is 4. The van der Waals surface area contributed by atoms with Crippen molar-refractivity contribution in [1.82, 2.24) is 15.2 Å². The summed E-state index contributed by atoms with van der Waals surface area (Å²) in [6.45, 7) is 4.32. The van der Waals surface area contributed by atoms with Gasteiger partial charge in [0.05, 0.1) is 6.61 Å². The van der Waals surface area contributed by atoms with Gasteiger partial charge in [-0.25, -0.2) is 4.98 Å². The Kier molecular flexibility index (Phi) is 3.45. The van der Waals surface area contributed by atoms with Crippen LogP contribution in [0.2, 0.25) is 0 Å². The number of carbonyl (C=O) groups is 1. The average molecular weight is 237 g/mol. The summed E-state index contributed by atoms with van der Waals surface area (Å²) in [7, 11) is 0. The van der Waals surface area contributed by atoms with E-state index in [1.165, 1.54) is 0 Å². The van der Waals surface area contributed by atoms with Crippen LogP contribution in [0.25, 0.3) is 0 Å². The number of H-pyrrole nitrogens is 1. The zero-order valence-corrected chi connectivity index (χ0v) is 10.5. The highest BCUT2D eigenvalue weighted by Crippen LogP contribution is 2.43. The first-order valence-corrected chi connectivity index (χ1v) is 6.32. The summed E-state index contributed by atoms with van der Waals surface area (Å²) in [5.74, 6) is 1.30. The lowest BCUT2D eigenvalue weighted by molar-refractivity contribution is -0.154. The molecule has 1 fully saturated rings. The van der Waals surface area contributed by atoms with Crippen LogP contribution in [-0.4, -0.2) is 27.8 Å². The predicted octanol–water partition coefficient (Wildman–Crippen LogP) is 1.74. The molecular weight excluding hydrogens is 218 g/mol. The quantitative estimate of drug-likeness (QED) is 0.792. The van der Waals surface area contributed by atoms with Gasteiger partial charge in [0, 0.05) is 6.42 Å². The fraction of sp³-hybridized carbons (Fsp3) is 0.750. The zero-order valence-electron chi connectivity index (χ0n) is 10.5. The van der Waals surface area contributed by atoms with Crippen molar-refractivity contribution in [2.75, 3.05) is 6.61 Å². The standard InChI is InChI=1S/C12H19N3O2/c1-3-6-9-13-10(15-14-9)12(7-5-8-12)11(16)17-4-2/h3-8H2,1-2H3,(H,13,14,15). The van der Waals surface area contributed by atoms with E-state index in [9.17, 15) is 4.79 Å². The van der Waals surface area contributed by atoms with Crippen molar-refractivity contribution in [3.8, 4) is 0 Å². The number of aromatic amines is 1. The smallest absolute Gasteiger partial charge is 0.319 e. The van der Waals surface area contributed by atoms with E-state index < -0.39 is 5.41 Å². The lowest BCUT2D eigenvalue weighted by Crippen LogP contribution is -2.44. The van der Waals surface area contributed by atoms with Gasteiger partial charge in [0.15, 0.2) is 5.82 Å². The van der Waals surface area contributed by atoms with Crippen molar-refractivity contribution in [1.29, 1.82) is 0 Å². The number of ether oxygens (including phenoxy) is 1. The van der Waals surface area contributed by atoms with Crippen molar-refractivity contribution in [2.45, 2.75) is 51.4 Å². The van der Waals surface area contributed by atoms with Gasteiger partial charge in [0.1, 0.15) is 11.2 Å². The molecule has 1 aliphatic rings. The molecule has 1 aliphatic carbocycles. The molecule has 1 N–H and O–H groups in total. The molecule has 17 heavy (non-hydrogen) atoms. The largest absolute Gasteiger partial charge is 0.465 e. The Morgan fingerprint density at radius 1 is 1.47 bits per heavy atom. The van der Waals surface area contributed by atoms with Gasteiger partial charge in [0.2, 0.25) is 0 Å². The van der Waals surface area contributed by atoms with Gasteiger partial charge in [-0.3, -0.25) is 9.89 Å². The van der Waals surface area contributed by atoms with E-state index in [4.69, 9.17) is 4.74 Å². The Hall–Kier alpha value is -1.39. The molecule has 0 amide bonds. The Bertz CT molecular complexity index is 396. The second-order valence-electron chi connectivity index (χ2n) is 4.51. The van der Waals surface area contributed by atoms with Gasteiger partial charge in [-0.1, -0.05) is 13.3 Å². The second-order valence-corrected chi connectivity index (χ2v) is 4.51. The summed E-state index contributed by atoms with van der Waals surface area (Å²) in [6, 6.07) is 0. The molecule has 0 atom stereocenters. The van der Waals surface area contributed by atoms with E-state index in [1.54, 1.807) is 0 Å². The minimum absolute atomic E-state index is 0.173. The number of carbonyl (C=O) groups excluding carboxylic acids is 1. The van der Waals surface area contributed by atoms with Crippen LogP contribution in [0.15, 0.2) is 0 Å². The molecule has 0 unspecified atom stereocenters. The Morgan fingerprint density at radius 2 is 2.24 bits per heavy atom. The third-order valence-electron chi connectivity index (χ3n) is 3.32. The molecular formula is C12H19N3O2. The van der Waals surface area contributed by atoms with Gasteiger partial charge < -0.3 is 4.74 Å². The highest BCUT2D eigenvalue weighted by molar-refractivity contribution is 5.83. The van der Waals surface area contributed by atoms with E-state index in [1.807, 2.05) is 6.92 Å². The van der Waals surface area contributed by atoms with Crippen LogP contribution >= 0.6 is 0 Å². The summed E-state index contributed by atoms with van der Waals surface area (Å²) >= 11 is 0. The maximum Gasteiger partial charge on any atom is 0.319 e. The summed E-state index contributed by atoms with van der Waals surface area (Å²) < 4.78 is 5.14. The van der Waals surface area contributed by atoms with Gasteiger partial charge in [-0.15, -0.1) is 0 Å². The molecule has 0 aromatic carbocycles. The van der Waals surface area contributed by atoms with Crippen LogP contribution in [0.3, 0.4) is 0 Å². The molecule has 0 spiro atoms. The number of rotatable bonds is 5. The molecule has 1 aromatic heterocycles. The highest BCUT2D eigenvalue weighted by atomic mass is 16.5. The third kappa shape index (κ3) is 2.06. The van der Waals surface area contributed by atoms with Crippen molar-refractivity contribution in [2.24, 2.45) is 0 Å². The second kappa shape index (κ2) is 4.85. The Balaban J connectivity index is 2.19. The van der Waals surface area contributed by atoms with Crippen LogP contribution in [0, 0.1) is 0 Å². The molecule has 5 nitrogen and oxygen atoms in total. The van der Waals surface area contributed by atoms with E-state index in [-0.39, 0.29) is 5.97 Å². The molecule has 0 bridgehead atoms. The molecule has 0 saturated heterocycles. The molecule has 1 heterocycles.